The summed E-state index contributed by atoms with van der Waals surface area (Å²) in [6.07, 6.45) is 3.54. The molecule has 0 aliphatic rings. The first-order valence-electron chi connectivity index (χ1n) is 6.02. The molecule has 0 aliphatic heterocycles. The van der Waals surface area contributed by atoms with Gasteiger partial charge in [0.2, 0.25) is 0 Å². The third kappa shape index (κ3) is 3.12. The lowest BCUT2D eigenvalue weighted by Crippen LogP contribution is -2.19. The van der Waals surface area contributed by atoms with Crippen LogP contribution in [0.5, 0.6) is 0 Å². The van der Waals surface area contributed by atoms with Crippen molar-refractivity contribution in [3.63, 3.8) is 0 Å². The number of rotatable bonds is 5. The first kappa shape index (κ1) is 13.5. The molecule has 5 heteroatoms. The summed E-state index contributed by atoms with van der Waals surface area (Å²) < 4.78 is 32.9. The Morgan fingerprint density at radius 2 is 1.89 bits per heavy atom. The zero-order valence-electron chi connectivity index (χ0n) is 10.7. The Morgan fingerprint density at radius 1 is 1.21 bits per heavy atom. The van der Waals surface area contributed by atoms with Crippen LogP contribution in [0.15, 0.2) is 35.1 Å². The van der Waals surface area contributed by atoms with Crippen molar-refractivity contribution in [1.82, 2.24) is 0 Å². The highest BCUT2D eigenvalue weighted by Crippen LogP contribution is 2.25. The van der Waals surface area contributed by atoms with Crippen LogP contribution in [0, 0.1) is 11.6 Å². The van der Waals surface area contributed by atoms with Crippen molar-refractivity contribution in [2.45, 2.75) is 13.0 Å². The lowest BCUT2D eigenvalue weighted by atomic mass is 10.1. The zero-order valence-corrected chi connectivity index (χ0v) is 10.7. The van der Waals surface area contributed by atoms with Gasteiger partial charge in [-0.1, -0.05) is 0 Å². The minimum Gasteiger partial charge on any atom is -0.472 e. The van der Waals surface area contributed by atoms with E-state index in [1.54, 1.807) is 19.4 Å². The number of nitrogens with zero attached hydrogens (tertiary/aromatic N) is 1. The largest absolute Gasteiger partial charge is 0.472 e. The van der Waals surface area contributed by atoms with Crippen LogP contribution in [-0.4, -0.2) is 13.6 Å². The standard InChI is InChI=1S/C14H16F2N2O/c1-18(8-11-3-5-19-9-11)14-12(15)6-10(2-4-17)7-13(14)16/h3,5-7,9H,2,4,8,17H2,1H3. The summed E-state index contributed by atoms with van der Waals surface area (Å²) in [5.41, 5.74) is 6.76. The lowest BCUT2D eigenvalue weighted by Gasteiger charge is -2.20. The van der Waals surface area contributed by atoms with Gasteiger partial charge in [-0.2, -0.15) is 0 Å². The zero-order chi connectivity index (χ0) is 13.8. The Morgan fingerprint density at radius 3 is 2.42 bits per heavy atom. The summed E-state index contributed by atoms with van der Waals surface area (Å²) in [5, 5.41) is 0. The average molecular weight is 266 g/mol. The van der Waals surface area contributed by atoms with Gasteiger partial charge < -0.3 is 15.1 Å². The molecular formula is C14H16F2N2O. The van der Waals surface area contributed by atoms with Crippen molar-refractivity contribution in [2.75, 3.05) is 18.5 Å². The summed E-state index contributed by atoms with van der Waals surface area (Å²) in [4.78, 5) is 1.52. The Kier molecular flexibility index (Phi) is 4.16. The van der Waals surface area contributed by atoms with Crippen molar-refractivity contribution in [2.24, 2.45) is 5.73 Å². The highest BCUT2D eigenvalue weighted by molar-refractivity contribution is 5.50. The van der Waals surface area contributed by atoms with Crippen molar-refractivity contribution in [1.29, 1.82) is 0 Å². The summed E-state index contributed by atoms with van der Waals surface area (Å²) in [6, 6.07) is 4.42. The third-order valence-electron chi connectivity index (χ3n) is 2.89. The molecular weight excluding hydrogens is 250 g/mol. The molecule has 3 nitrogen and oxygen atoms in total. The quantitative estimate of drug-likeness (QED) is 0.904. The molecule has 2 rings (SSSR count). The molecule has 0 fully saturated rings. The highest BCUT2D eigenvalue weighted by atomic mass is 19.1. The van der Waals surface area contributed by atoms with Crippen molar-refractivity contribution < 1.29 is 13.2 Å². The molecule has 2 aromatic rings. The van der Waals surface area contributed by atoms with Crippen molar-refractivity contribution in [3.8, 4) is 0 Å². The molecule has 102 valence electrons. The fourth-order valence-electron chi connectivity index (χ4n) is 2.03. The molecule has 1 aromatic heterocycles. The maximum Gasteiger partial charge on any atom is 0.149 e. The van der Waals surface area contributed by atoms with Gasteiger partial charge in [0.15, 0.2) is 0 Å². The fourth-order valence-corrected chi connectivity index (χ4v) is 2.03. The average Bonchev–Trinajstić information content (AvgIpc) is 2.81. The summed E-state index contributed by atoms with van der Waals surface area (Å²) in [7, 11) is 1.64. The number of halogens is 2. The van der Waals surface area contributed by atoms with E-state index in [4.69, 9.17) is 10.2 Å². The fraction of sp³-hybridized carbons (Fsp3) is 0.286. The Labute approximate surface area is 110 Å². The number of hydrogen-bond donors (Lipinski definition) is 1. The lowest BCUT2D eigenvalue weighted by molar-refractivity contribution is 0.560. The molecule has 0 spiro atoms. The van der Waals surface area contributed by atoms with Crippen LogP contribution in [0.2, 0.25) is 0 Å². The minimum atomic E-state index is -0.575. The molecule has 0 saturated heterocycles. The number of hydrogen-bond acceptors (Lipinski definition) is 3. The number of anilines is 1. The topological polar surface area (TPSA) is 42.4 Å². The molecule has 1 aromatic carbocycles. The van der Waals surface area contributed by atoms with Crippen LogP contribution < -0.4 is 10.6 Å². The normalized spacial score (nSPS) is 10.7. The smallest absolute Gasteiger partial charge is 0.149 e. The SMILES string of the molecule is CN(Cc1ccoc1)c1c(F)cc(CCN)cc1F. The van der Waals surface area contributed by atoms with Gasteiger partial charge in [-0.25, -0.2) is 8.78 Å². The van der Waals surface area contributed by atoms with Gasteiger partial charge in [-0.05, 0) is 36.7 Å². The molecule has 0 radical (unpaired) electrons. The predicted molar refractivity (Wildman–Crippen MR) is 69.9 cm³/mol. The van der Waals surface area contributed by atoms with E-state index in [9.17, 15) is 8.78 Å². The Bertz CT molecular complexity index is 517. The monoisotopic (exact) mass is 266 g/mol. The molecule has 0 unspecified atom stereocenters. The van der Waals surface area contributed by atoms with Crippen LogP contribution in [0.4, 0.5) is 14.5 Å². The molecule has 19 heavy (non-hydrogen) atoms. The summed E-state index contributed by atoms with van der Waals surface area (Å²) >= 11 is 0. The maximum absolute atomic E-state index is 14.0. The molecule has 0 aliphatic carbocycles. The Hall–Kier alpha value is -1.88. The maximum atomic E-state index is 14.0. The van der Waals surface area contributed by atoms with E-state index in [2.05, 4.69) is 0 Å². The van der Waals surface area contributed by atoms with E-state index in [1.165, 1.54) is 23.3 Å². The van der Waals surface area contributed by atoms with Gasteiger partial charge in [0.1, 0.15) is 17.3 Å². The van der Waals surface area contributed by atoms with Crippen LogP contribution in [0.3, 0.4) is 0 Å². The molecule has 0 bridgehead atoms. The molecule has 1 heterocycles. The van der Waals surface area contributed by atoms with E-state index < -0.39 is 11.6 Å². The second kappa shape index (κ2) is 5.84. The van der Waals surface area contributed by atoms with E-state index in [-0.39, 0.29) is 5.69 Å². The van der Waals surface area contributed by atoms with E-state index in [0.29, 0.717) is 25.1 Å². The van der Waals surface area contributed by atoms with Crippen LogP contribution >= 0.6 is 0 Å². The summed E-state index contributed by atoms with van der Waals surface area (Å²) in [6.45, 7) is 0.740. The molecule has 0 atom stereocenters. The third-order valence-corrected chi connectivity index (χ3v) is 2.89. The summed E-state index contributed by atoms with van der Waals surface area (Å²) in [5.74, 6) is -1.15. The van der Waals surface area contributed by atoms with Gasteiger partial charge in [0.25, 0.3) is 0 Å². The second-order valence-corrected chi connectivity index (χ2v) is 4.43. The van der Waals surface area contributed by atoms with Crippen LogP contribution in [0.25, 0.3) is 0 Å². The Balaban J connectivity index is 2.23. The molecule has 2 N–H and O–H groups in total. The number of furan rings is 1. The van der Waals surface area contributed by atoms with Crippen LogP contribution in [-0.2, 0) is 13.0 Å². The number of nitrogens with two attached hydrogens (primary N) is 1. The van der Waals surface area contributed by atoms with E-state index in [0.717, 1.165) is 5.56 Å². The van der Waals surface area contributed by atoms with Gasteiger partial charge in [0.05, 0.1) is 12.5 Å². The molecule has 0 amide bonds. The second-order valence-electron chi connectivity index (χ2n) is 4.43. The first-order chi connectivity index (χ1) is 9.11. The van der Waals surface area contributed by atoms with Gasteiger partial charge in [0, 0.05) is 19.2 Å². The predicted octanol–water partition coefficient (Wildman–Crippen LogP) is 2.70. The van der Waals surface area contributed by atoms with Crippen molar-refractivity contribution >= 4 is 5.69 Å². The van der Waals surface area contributed by atoms with E-state index in [1.807, 2.05) is 0 Å². The van der Waals surface area contributed by atoms with Gasteiger partial charge in [-0.15, -0.1) is 0 Å². The number of benzene rings is 1. The first-order valence-corrected chi connectivity index (χ1v) is 6.02. The molecule has 0 saturated carbocycles. The van der Waals surface area contributed by atoms with Crippen LogP contribution in [0.1, 0.15) is 11.1 Å². The highest BCUT2D eigenvalue weighted by Gasteiger charge is 2.15. The minimum absolute atomic E-state index is 0.0398. The van der Waals surface area contributed by atoms with Gasteiger partial charge >= 0.3 is 0 Å². The van der Waals surface area contributed by atoms with Gasteiger partial charge in [-0.3, -0.25) is 0 Å². The van der Waals surface area contributed by atoms with Crippen molar-refractivity contribution in [3.05, 3.63) is 53.5 Å². The van der Waals surface area contributed by atoms with E-state index >= 15 is 0 Å².